The van der Waals surface area contributed by atoms with Crippen molar-refractivity contribution in [2.75, 3.05) is 19.5 Å². The number of nitrogens with one attached hydrogen (secondary N) is 2. The topological polar surface area (TPSA) is 107 Å². The zero-order valence-corrected chi connectivity index (χ0v) is 24.8. The highest BCUT2D eigenvalue weighted by Gasteiger charge is 2.29. The van der Waals surface area contributed by atoms with E-state index in [0.29, 0.717) is 6.54 Å². The van der Waals surface area contributed by atoms with Gasteiger partial charge in [0.05, 0.1) is 35.5 Å². The SMILES string of the molecule is COC(=O)[C@@H](NS(=O)(=O)c1ccc(-c2ccc(NCc3oc4ccc(Br)c(OC)c4c3C)cc2)cc1)C(C)C. The standard InChI is InChI=1S/C29H31BrN2O6S/c1-17(2)27(29(33)37-5)32-39(34,35)22-12-8-20(9-13-22)19-6-10-21(11-7-19)31-16-25-18(3)26-24(38-25)15-14-23(30)28(26)36-4/h6-15,17,27,31-32H,16H2,1-5H3/t27-/m0/s1. The third-order valence-electron chi connectivity index (χ3n) is 6.54. The molecule has 0 saturated heterocycles. The minimum atomic E-state index is -3.90. The van der Waals surface area contributed by atoms with E-state index in [-0.39, 0.29) is 10.8 Å². The number of esters is 1. The number of anilines is 1. The van der Waals surface area contributed by atoms with Crippen LogP contribution in [0.1, 0.15) is 25.2 Å². The smallest absolute Gasteiger partial charge is 0.324 e. The van der Waals surface area contributed by atoms with Crippen molar-refractivity contribution in [1.82, 2.24) is 4.72 Å². The number of hydrogen-bond donors (Lipinski definition) is 2. The highest BCUT2D eigenvalue weighted by Crippen LogP contribution is 2.38. The van der Waals surface area contributed by atoms with Crippen molar-refractivity contribution in [2.45, 2.75) is 38.3 Å². The van der Waals surface area contributed by atoms with Gasteiger partial charge in [-0.1, -0.05) is 38.1 Å². The first kappa shape index (κ1) is 28.7. The highest BCUT2D eigenvalue weighted by atomic mass is 79.9. The van der Waals surface area contributed by atoms with Crippen LogP contribution in [0.2, 0.25) is 0 Å². The third-order valence-corrected chi connectivity index (χ3v) is 8.62. The van der Waals surface area contributed by atoms with Gasteiger partial charge in [0, 0.05) is 11.3 Å². The van der Waals surface area contributed by atoms with Gasteiger partial charge in [-0.05, 0) is 76.3 Å². The molecule has 0 amide bonds. The fourth-order valence-corrected chi connectivity index (χ4v) is 6.13. The molecular weight excluding hydrogens is 584 g/mol. The van der Waals surface area contributed by atoms with Crippen LogP contribution < -0.4 is 14.8 Å². The van der Waals surface area contributed by atoms with Crippen LogP contribution in [0.5, 0.6) is 5.75 Å². The van der Waals surface area contributed by atoms with Gasteiger partial charge in [-0.25, -0.2) is 8.42 Å². The van der Waals surface area contributed by atoms with E-state index in [1.807, 2.05) is 43.3 Å². The van der Waals surface area contributed by atoms with Gasteiger partial charge in [-0.15, -0.1) is 0 Å². The molecule has 0 spiro atoms. The van der Waals surface area contributed by atoms with Gasteiger partial charge in [-0.2, -0.15) is 4.72 Å². The van der Waals surface area contributed by atoms with E-state index in [0.717, 1.165) is 49.3 Å². The lowest BCUT2D eigenvalue weighted by molar-refractivity contribution is -0.143. The molecule has 2 N–H and O–H groups in total. The molecule has 1 atom stereocenters. The van der Waals surface area contributed by atoms with Crippen molar-refractivity contribution < 1.29 is 27.1 Å². The van der Waals surface area contributed by atoms with E-state index in [2.05, 4.69) is 26.0 Å². The number of ether oxygens (including phenoxy) is 2. The molecule has 3 aromatic carbocycles. The molecule has 0 saturated carbocycles. The number of aryl methyl sites for hydroxylation is 1. The van der Waals surface area contributed by atoms with Crippen molar-refractivity contribution >= 4 is 48.6 Å². The summed E-state index contributed by atoms with van der Waals surface area (Å²) in [5.41, 5.74) is 4.49. The molecule has 8 nitrogen and oxygen atoms in total. The van der Waals surface area contributed by atoms with E-state index in [9.17, 15) is 13.2 Å². The van der Waals surface area contributed by atoms with E-state index in [4.69, 9.17) is 13.9 Å². The molecular formula is C29H31BrN2O6S. The quantitative estimate of drug-likeness (QED) is 0.203. The average Bonchev–Trinajstić information content (AvgIpc) is 3.25. The number of carbonyl (C=O) groups excluding carboxylic acids is 1. The Kier molecular flexibility index (Phi) is 8.68. The van der Waals surface area contributed by atoms with E-state index >= 15 is 0 Å². The summed E-state index contributed by atoms with van der Waals surface area (Å²) in [6.07, 6.45) is 0. The Morgan fingerprint density at radius 1 is 0.974 bits per heavy atom. The van der Waals surface area contributed by atoms with Crippen LogP contribution in [0.3, 0.4) is 0 Å². The van der Waals surface area contributed by atoms with E-state index in [1.165, 1.54) is 19.2 Å². The molecule has 4 rings (SSSR count). The number of furan rings is 1. The number of methoxy groups -OCH3 is 2. The number of sulfonamides is 1. The minimum Gasteiger partial charge on any atom is -0.495 e. The van der Waals surface area contributed by atoms with Crippen molar-refractivity contribution in [1.29, 1.82) is 0 Å². The first-order valence-corrected chi connectivity index (χ1v) is 14.6. The Labute approximate surface area is 236 Å². The van der Waals surface area contributed by atoms with Crippen LogP contribution in [0.25, 0.3) is 22.1 Å². The first-order chi connectivity index (χ1) is 18.6. The number of fused-ring (bicyclic) bond motifs is 1. The zero-order valence-electron chi connectivity index (χ0n) is 22.4. The Bertz CT molecular complexity index is 1580. The molecule has 4 aromatic rings. The second-order valence-electron chi connectivity index (χ2n) is 9.43. The van der Waals surface area contributed by atoms with Gasteiger partial charge in [0.2, 0.25) is 10.0 Å². The molecule has 206 valence electrons. The molecule has 1 aromatic heterocycles. The van der Waals surface area contributed by atoms with E-state index in [1.54, 1.807) is 33.1 Å². The summed E-state index contributed by atoms with van der Waals surface area (Å²) in [5, 5.41) is 4.34. The number of rotatable bonds is 10. The Morgan fingerprint density at radius 3 is 2.15 bits per heavy atom. The summed E-state index contributed by atoms with van der Waals surface area (Å²) in [5.74, 6) is 0.687. The predicted molar refractivity (Wildman–Crippen MR) is 155 cm³/mol. The average molecular weight is 616 g/mol. The van der Waals surface area contributed by atoms with Crippen LogP contribution in [0.4, 0.5) is 5.69 Å². The number of hydrogen-bond acceptors (Lipinski definition) is 7. The molecule has 0 radical (unpaired) electrons. The summed E-state index contributed by atoms with van der Waals surface area (Å²) in [7, 11) is -1.02. The fraction of sp³-hybridized carbons (Fsp3) is 0.276. The van der Waals surface area contributed by atoms with Crippen molar-refractivity contribution in [3.63, 3.8) is 0 Å². The second kappa shape index (κ2) is 11.8. The van der Waals surface area contributed by atoms with Gasteiger partial charge in [0.1, 0.15) is 23.1 Å². The minimum absolute atomic E-state index is 0.0731. The lowest BCUT2D eigenvalue weighted by Crippen LogP contribution is -2.44. The summed E-state index contributed by atoms with van der Waals surface area (Å²) in [4.78, 5) is 12.1. The van der Waals surface area contributed by atoms with Crippen LogP contribution in [-0.2, 0) is 26.1 Å². The Hall–Kier alpha value is -3.34. The first-order valence-electron chi connectivity index (χ1n) is 12.3. The maximum atomic E-state index is 12.8. The monoisotopic (exact) mass is 614 g/mol. The third kappa shape index (κ3) is 6.13. The van der Waals surface area contributed by atoms with Crippen LogP contribution in [0.15, 0.2) is 74.4 Å². The maximum Gasteiger partial charge on any atom is 0.324 e. The normalized spacial score (nSPS) is 12.5. The fourth-order valence-electron chi connectivity index (χ4n) is 4.30. The van der Waals surface area contributed by atoms with Gasteiger partial charge < -0.3 is 19.2 Å². The molecule has 1 heterocycles. The van der Waals surface area contributed by atoms with Gasteiger partial charge in [0.25, 0.3) is 0 Å². The highest BCUT2D eigenvalue weighted by molar-refractivity contribution is 9.10. The van der Waals surface area contributed by atoms with Crippen LogP contribution in [0, 0.1) is 12.8 Å². The largest absolute Gasteiger partial charge is 0.495 e. The summed E-state index contributed by atoms with van der Waals surface area (Å²) in [6, 6.07) is 17.2. The molecule has 0 unspecified atom stereocenters. The van der Waals surface area contributed by atoms with Gasteiger partial charge in [-0.3, -0.25) is 4.79 Å². The van der Waals surface area contributed by atoms with Gasteiger partial charge >= 0.3 is 5.97 Å². The lowest BCUT2D eigenvalue weighted by Gasteiger charge is -2.19. The zero-order chi connectivity index (χ0) is 28.3. The summed E-state index contributed by atoms with van der Waals surface area (Å²) >= 11 is 3.53. The van der Waals surface area contributed by atoms with Crippen LogP contribution in [-0.4, -0.2) is 34.6 Å². The molecule has 0 aliphatic heterocycles. The number of carbonyl (C=O) groups is 1. The molecule has 0 aliphatic rings. The summed E-state index contributed by atoms with van der Waals surface area (Å²) in [6.45, 7) is 6.02. The lowest BCUT2D eigenvalue weighted by atomic mass is 10.1. The molecule has 0 bridgehead atoms. The Morgan fingerprint density at radius 2 is 1.59 bits per heavy atom. The van der Waals surface area contributed by atoms with Crippen molar-refractivity contribution in [3.8, 4) is 16.9 Å². The van der Waals surface area contributed by atoms with Crippen molar-refractivity contribution in [3.05, 3.63) is 76.5 Å². The summed E-state index contributed by atoms with van der Waals surface area (Å²) < 4.78 is 45.3. The van der Waals surface area contributed by atoms with Gasteiger partial charge in [0.15, 0.2) is 0 Å². The van der Waals surface area contributed by atoms with Crippen molar-refractivity contribution in [2.24, 2.45) is 5.92 Å². The number of benzene rings is 3. The Balaban J connectivity index is 1.45. The van der Waals surface area contributed by atoms with Crippen LogP contribution >= 0.6 is 15.9 Å². The maximum absolute atomic E-state index is 12.8. The second-order valence-corrected chi connectivity index (χ2v) is 12.0. The molecule has 10 heteroatoms. The number of halogens is 1. The van der Waals surface area contributed by atoms with E-state index < -0.39 is 22.0 Å². The predicted octanol–water partition coefficient (Wildman–Crippen LogP) is 6.27. The molecule has 0 fully saturated rings. The molecule has 0 aliphatic carbocycles. The molecule has 39 heavy (non-hydrogen) atoms.